The zero-order valence-electron chi connectivity index (χ0n) is 11.4. The zero-order valence-corrected chi connectivity index (χ0v) is 11.4. The van der Waals surface area contributed by atoms with Gasteiger partial charge in [-0.25, -0.2) is 0 Å². The lowest BCUT2D eigenvalue weighted by Gasteiger charge is -2.06. The molecule has 0 spiro atoms. The summed E-state index contributed by atoms with van der Waals surface area (Å²) < 4.78 is 20.2. The van der Waals surface area contributed by atoms with Crippen molar-refractivity contribution in [3.63, 3.8) is 0 Å². The Morgan fingerprint density at radius 2 is 1.50 bits per heavy atom. The van der Waals surface area contributed by atoms with Gasteiger partial charge in [0, 0.05) is 33.8 Å². The second kappa shape index (κ2) is 14.4. The second-order valence-electron chi connectivity index (χ2n) is 3.66. The molecular formula is C12H25NO5. The minimum atomic E-state index is 0.00593. The molecule has 0 fully saturated rings. The number of hydrogen-bond donors (Lipinski definition) is 1. The second-order valence-corrected chi connectivity index (χ2v) is 3.66. The number of hydrogen-bond acceptors (Lipinski definition) is 5. The van der Waals surface area contributed by atoms with Gasteiger partial charge in [-0.1, -0.05) is 0 Å². The van der Waals surface area contributed by atoms with Crippen LogP contribution in [0.25, 0.3) is 0 Å². The molecule has 0 heterocycles. The van der Waals surface area contributed by atoms with Crippen molar-refractivity contribution in [1.82, 2.24) is 5.32 Å². The molecule has 6 heteroatoms. The van der Waals surface area contributed by atoms with E-state index in [0.29, 0.717) is 52.6 Å². The Balaban J connectivity index is 3.10. The number of amides is 1. The summed E-state index contributed by atoms with van der Waals surface area (Å²) in [6, 6.07) is 0. The van der Waals surface area contributed by atoms with Gasteiger partial charge in [0.25, 0.3) is 0 Å². The largest absolute Gasteiger partial charge is 0.385 e. The Hall–Kier alpha value is -0.690. The van der Waals surface area contributed by atoms with Crippen molar-refractivity contribution < 1.29 is 23.7 Å². The summed E-state index contributed by atoms with van der Waals surface area (Å²) in [6.07, 6.45) is 1.21. The number of nitrogens with one attached hydrogen (secondary N) is 1. The van der Waals surface area contributed by atoms with E-state index in [1.807, 2.05) is 0 Å². The van der Waals surface area contributed by atoms with Crippen molar-refractivity contribution in [1.29, 1.82) is 0 Å². The Morgan fingerprint density at radius 3 is 2.17 bits per heavy atom. The summed E-state index contributed by atoms with van der Waals surface area (Å²) in [4.78, 5) is 11.3. The lowest BCUT2D eigenvalue weighted by Crippen LogP contribution is -2.26. The average molecular weight is 263 g/mol. The predicted octanol–water partition coefficient (Wildman–Crippen LogP) is 0.209. The van der Waals surface area contributed by atoms with Crippen molar-refractivity contribution in [2.45, 2.75) is 12.8 Å². The number of ether oxygens (including phenoxy) is 4. The minimum Gasteiger partial charge on any atom is -0.385 e. The molecule has 18 heavy (non-hydrogen) atoms. The van der Waals surface area contributed by atoms with Crippen LogP contribution in [-0.4, -0.2) is 66.3 Å². The number of methoxy groups -OCH3 is 2. The first-order chi connectivity index (χ1) is 8.81. The van der Waals surface area contributed by atoms with Gasteiger partial charge in [-0.3, -0.25) is 4.79 Å². The highest BCUT2D eigenvalue weighted by Crippen LogP contribution is 1.86. The average Bonchev–Trinajstić information content (AvgIpc) is 2.38. The first-order valence-corrected chi connectivity index (χ1v) is 6.21. The number of carbonyl (C=O) groups excluding carboxylic acids is 1. The highest BCUT2D eigenvalue weighted by Gasteiger charge is 2.00. The van der Waals surface area contributed by atoms with E-state index in [-0.39, 0.29) is 5.91 Å². The molecule has 1 amide bonds. The summed E-state index contributed by atoms with van der Waals surface area (Å²) >= 11 is 0. The van der Waals surface area contributed by atoms with Crippen LogP contribution in [0.3, 0.4) is 0 Å². The topological polar surface area (TPSA) is 66.0 Å². The smallest absolute Gasteiger partial charge is 0.222 e. The van der Waals surface area contributed by atoms with Crippen molar-refractivity contribution in [2.24, 2.45) is 0 Å². The fourth-order valence-corrected chi connectivity index (χ4v) is 1.16. The highest BCUT2D eigenvalue weighted by molar-refractivity contribution is 5.75. The van der Waals surface area contributed by atoms with Gasteiger partial charge in [0.05, 0.1) is 33.0 Å². The maximum Gasteiger partial charge on any atom is 0.222 e. The summed E-state index contributed by atoms with van der Waals surface area (Å²) in [5.41, 5.74) is 0. The predicted molar refractivity (Wildman–Crippen MR) is 67.6 cm³/mol. The SMILES string of the molecule is COCCCNC(=O)CCOCCOCCOC. The van der Waals surface area contributed by atoms with Crippen LogP contribution in [0.1, 0.15) is 12.8 Å². The lowest BCUT2D eigenvalue weighted by atomic mass is 10.4. The number of carbonyl (C=O) groups is 1. The molecule has 0 aliphatic rings. The first-order valence-electron chi connectivity index (χ1n) is 6.21. The van der Waals surface area contributed by atoms with Crippen LogP contribution >= 0.6 is 0 Å². The minimum absolute atomic E-state index is 0.00593. The van der Waals surface area contributed by atoms with Crippen LogP contribution in [0.15, 0.2) is 0 Å². The Bertz CT molecular complexity index is 189. The molecule has 0 unspecified atom stereocenters. The normalized spacial score (nSPS) is 10.6. The van der Waals surface area contributed by atoms with Gasteiger partial charge in [-0.2, -0.15) is 0 Å². The zero-order chi connectivity index (χ0) is 13.5. The van der Waals surface area contributed by atoms with Crippen LogP contribution in [0, 0.1) is 0 Å². The molecule has 108 valence electrons. The van der Waals surface area contributed by atoms with Crippen molar-refractivity contribution in [3.05, 3.63) is 0 Å². The molecule has 0 aliphatic carbocycles. The molecule has 0 aromatic rings. The van der Waals surface area contributed by atoms with E-state index in [0.717, 1.165) is 6.42 Å². The summed E-state index contributed by atoms with van der Waals surface area (Å²) in [5.74, 6) is 0.00593. The fourth-order valence-electron chi connectivity index (χ4n) is 1.16. The number of rotatable bonds is 13. The molecule has 1 N–H and O–H groups in total. The molecule has 0 aliphatic heterocycles. The maximum atomic E-state index is 11.3. The van der Waals surface area contributed by atoms with Crippen molar-refractivity contribution in [3.8, 4) is 0 Å². The molecule has 0 saturated carbocycles. The fraction of sp³-hybridized carbons (Fsp3) is 0.917. The Morgan fingerprint density at radius 1 is 0.889 bits per heavy atom. The molecule has 0 bridgehead atoms. The van der Waals surface area contributed by atoms with Gasteiger partial charge >= 0.3 is 0 Å². The third kappa shape index (κ3) is 13.4. The molecule has 0 saturated heterocycles. The monoisotopic (exact) mass is 263 g/mol. The molecule has 0 rings (SSSR count). The molecular weight excluding hydrogens is 238 g/mol. The van der Waals surface area contributed by atoms with E-state index in [4.69, 9.17) is 18.9 Å². The van der Waals surface area contributed by atoms with Crippen molar-refractivity contribution in [2.75, 3.05) is 60.4 Å². The van der Waals surface area contributed by atoms with Crippen LogP contribution in [-0.2, 0) is 23.7 Å². The lowest BCUT2D eigenvalue weighted by molar-refractivity contribution is -0.122. The highest BCUT2D eigenvalue weighted by atomic mass is 16.5. The first kappa shape index (κ1) is 17.3. The van der Waals surface area contributed by atoms with Crippen LogP contribution in [0.2, 0.25) is 0 Å². The van der Waals surface area contributed by atoms with Crippen LogP contribution in [0.5, 0.6) is 0 Å². The van der Waals surface area contributed by atoms with E-state index in [9.17, 15) is 4.79 Å². The summed E-state index contributed by atoms with van der Waals surface area (Å²) in [6.45, 7) is 3.91. The van der Waals surface area contributed by atoms with E-state index < -0.39 is 0 Å². The van der Waals surface area contributed by atoms with Gasteiger partial charge < -0.3 is 24.3 Å². The molecule has 6 nitrogen and oxygen atoms in total. The molecule has 0 radical (unpaired) electrons. The van der Waals surface area contributed by atoms with E-state index in [2.05, 4.69) is 5.32 Å². The standard InChI is InChI=1S/C12H25NO5/c1-15-6-3-5-13-12(14)4-7-17-10-11-18-9-8-16-2/h3-11H2,1-2H3,(H,13,14). The van der Waals surface area contributed by atoms with Gasteiger partial charge in [0.15, 0.2) is 0 Å². The van der Waals surface area contributed by atoms with Crippen LogP contribution < -0.4 is 5.32 Å². The van der Waals surface area contributed by atoms with E-state index in [1.165, 1.54) is 0 Å². The summed E-state index contributed by atoms with van der Waals surface area (Å²) in [5, 5.41) is 2.79. The van der Waals surface area contributed by atoms with E-state index in [1.54, 1.807) is 14.2 Å². The third-order valence-corrected chi connectivity index (χ3v) is 2.12. The van der Waals surface area contributed by atoms with Gasteiger partial charge in [-0.15, -0.1) is 0 Å². The quantitative estimate of drug-likeness (QED) is 0.481. The molecule has 0 aromatic carbocycles. The summed E-state index contributed by atoms with van der Waals surface area (Å²) in [7, 11) is 3.27. The van der Waals surface area contributed by atoms with Crippen LogP contribution in [0.4, 0.5) is 0 Å². The maximum absolute atomic E-state index is 11.3. The van der Waals surface area contributed by atoms with Crippen molar-refractivity contribution >= 4 is 5.91 Å². The van der Waals surface area contributed by atoms with Gasteiger partial charge in [-0.05, 0) is 6.42 Å². The molecule has 0 atom stereocenters. The Kier molecular flexibility index (Phi) is 13.8. The van der Waals surface area contributed by atoms with Gasteiger partial charge in [0.2, 0.25) is 5.91 Å². The Labute approximate surface area is 109 Å². The third-order valence-electron chi connectivity index (χ3n) is 2.12. The van der Waals surface area contributed by atoms with E-state index >= 15 is 0 Å². The van der Waals surface area contributed by atoms with Gasteiger partial charge in [0.1, 0.15) is 0 Å². The molecule has 0 aromatic heterocycles.